The fourth-order valence-electron chi connectivity index (χ4n) is 2.95. The zero-order valence-corrected chi connectivity index (χ0v) is 14.5. The number of hydrogen-bond acceptors (Lipinski definition) is 3. The van der Waals surface area contributed by atoms with Gasteiger partial charge in [-0.15, -0.1) is 11.3 Å². The number of thiophene rings is 1. The van der Waals surface area contributed by atoms with Gasteiger partial charge < -0.3 is 9.80 Å². The number of rotatable bonds is 5. The standard InChI is InChI=1S/C19H22N2O2S/c22-18(10-4-8-17-9-5-15-24-17)20-11-13-21(14-12-20)19(23)16-6-2-1-3-7-16/h1-3,5-7,9,15H,4,8,10-14H2. The summed E-state index contributed by atoms with van der Waals surface area (Å²) in [5.41, 5.74) is 0.716. The Morgan fingerprint density at radius 3 is 2.29 bits per heavy atom. The summed E-state index contributed by atoms with van der Waals surface area (Å²) < 4.78 is 0. The van der Waals surface area contributed by atoms with Crippen molar-refractivity contribution in [2.75, 3.05) is 26.2 Å². The summed E-state index contributed by atoms with van der Waals surface area (Å²) in [5, 5.41) is 2.07. The van der Waals surface area contributed by atoms with E-state index in [4.69, 9.17) is 0 Å². The number of amides is 2. The highest BCUT2D eigenvalue weighted by molar-refractivity contribution is 7.09. The maximum absolute atomic E-state index is 12.4. The number of carbonyl (C=O) groups excluding carboxylic acids is 2. The monoisotopic (exact) mass is 342 g/mol. The van der Waals surface area contributed by atoms with Gasteiger partial charge in [0.1, 0.15) is 0 Å². The van der Waals surface area contributed by atoms with Crippen molar-refractivity contribution < 1.29 is 9.59 Å². The van der Waals surface area contributed by atoms with Crippen molar-refractivity contribution in [2.45, 2.75) is 19.3 Å². The van der Waals surface area contributed by atoms with Crippen molar-refractivity contribution in [1.82, 2.24) is 9.80 Å². The van der Waals surface area contributed by atoms with Crippen molar-refractivity contribution in [3.05, 3.63) is 58.3 Å². The second kappa shape index (κ2) is 8.11. The average Bonchev–Trinajstić information content (AvgIpc) is 3.15. The lowest BCUT2D eigenvalue weighted by molar-refractivity contribution is -0.132. The number of aryl methyl sites for hydroxylation is 1. The molecule has 1 aromatic heterocycles. The van der Waals surface area contributed by atoms with Gasteiger partial charge in [0.05, 0.1) is 0 Å². The van der Waals surface area contributed by atoms with E-state index in [1.165, 1.54) is 4.88 Å². The van der Waals surface area contributed by atoms with Crippen LogP contribution in [0.15, 0.2) is 47.8 Å². The molecule has 0 bridgehead atoms. The quantitative estimate of drug-likeness (QED) is 0.838. The van der Waals surface area contributed by atoms with Gasteiger partial charge in [-0.2, -0.15) is 0 Å². The summed E-state index contributed by atoms with van der Waals surface area (Å²) in [6.07, 6.45) is 2.45. The lowest BCUT2D eigenvalue weighted by atomic mass is 10.1. The van der Waals surface area contributed by atoms with Crippen LogP contribution in [0.2, 0.25) is 0 Å². The van der Waals surface area contributed by atoms with Gasteiger partial charge in [0.15, 0.2) is 0 Å². The predicted molar refractivity (Wildman–Crippen MR) is 96.2 cm³/mol. The maximum Gasteiger partial charge on any atom is 0.253 e. The average molecular weight is 342 g/mol. The van der Waals surface area contributed by atoms with E-state index < -0.39 is 0 Å². The molecule has 1 aromatic carbocycles. The Kier molecular flexibility index (Phi) is 5.64. The molecule has 0 spiro atoms. The van der Waals surface area contributed by atoms with Gasteiger partial charge in [-0.3, -0.25) is 9.59 Å². The summed E-state index contributed by atoms with van der Waals surface area (Å²) in [6, 6.07) is 13.5. The molecule has 5 heteroatoms. The van der Waals surface area contributed by atoms with Crippen LogP contribution in [0.1, 0.15) is 28.1 Å². The zero-order valence-electron chi connectivity index (χ0n) is 13.7. The van der Waals surface area contributed by atoms with Crippen molar-refractivity contribution in [3.8, 4) is 0 Å². The third-order valence-corrected chi connectivity index (χ3v) is 5.27. The predicted octanol–water partition coefficient (Wildman–Crippen LogP) is 3.06. The molecule has 0 atom stereocenters. The van der Waals surface area contributed by atoms with Gasteiger partial charge in [-0.05, 0) is 36.4 Å². The van der Waals surface area contributed by atoms with Gasteiger partial charge >= 0.3 is 0 Å². The van der Waals surface area contributed by atoms with Crippen molar-refractivity contribution in [3.63, 3.8) is 0 Å². The lowest BCUT2D eigenvalue weighted by Crippen LogP contribution is -2.50. The second-order valence-corrected chi connectivity index (χ2v) is 7.00. The molecule has 1 aliphatic heterocycles. The molecule has 1 saturated heterocycles. The normalized spacial score (nSPS) is 14.7. The van der Waals surface area contributed by atoms with Crippen LogP contribution < -0.4 is 0 Å². The molecule has 0 N–H and O–H groups in total. The Morgan fingerprint density at radius 2 is 1.62 bits per heavy atom. The third kappa shape index (κ3) is 4.23. The molecular weight excluding hydrogens is 320 g/mol. The highest BCUT2D eigenvalue weighted by atomic mass is 32.1. The van der Waals surface area contributed by atoms with Crippen molar-refractivity contribution in [1.29, 1.82) is 0 Å². The smallest absolute Gasteiger partial charge is 0.253 e. The molecule has 2 aromatic rings. The minimum absolute atomic E-state index is 0.0559. The summed E-state index contributed by atoms with van der Waals surface area (Å²) in [6.45, 7) is 2.50. The molecular formula is C19H22N2O2S. The molecule has 2 amide bonds. The van der Waals surface area contributed by atoms with Crippen LogP contribution in [0.5, 0.6) is 0 Å². The highest BCUT2D eigenvalue weighted by Crippen LogP contribution is 2.14. The molecule has 0 aliphatic carbocycles. The molecule has 1 fully saturated rings. The Labute approximate surface area is 146 Å². The van der Waals surface area contributed by atoms with Gasteiger partial charge in [0.25, 0.3) is 5.91 Å². The zero-order chi connectivity index (χ0) is 16.8. The molecule has 0 radical (unpaired) electrons. The first-order valence-corrected chi connectivity index (χ1v) is 9.26. The molecule has 0 unspecified atom stereocenters. The van der Waals surface area contributed by atoms with E-state index >= 15 is 0 Å². The topological polar surface area (TPSA) is 40.6 Å². The fourth-order valence-corrected chi connectivity index (χ4v) is 3.70. The first-order chi connectivity index (χ1) is 11.7. The lowest BCUT2D eigenvalue weighted by Gasteiger charge is -2.35. The molecule has 2 heterocycles. The highest BCUT2D eigenvalue weighted by Gasteiger charge is 2.24. The summed E-state index contributed by atoms with van der Waals surface area (Å²) in [5.74, 6) is 0.263. The molecule has 0 saturated carbocycles. The molecule has 3 rings (SSSR count). The molecule has 24 heavy (non-hydrogen) atoms. The van der Waals surface area contributed by atoms with E-state index in [0.717, 1.165) is 12.8 Å². The molecule has 126 valence electrons. The summed E-state index contributed by atoms with van der Waals surface area (Å²) >= 11 is 1.74. The van der Waals surface area contributed by atoms with E-state index in [-0.39, 0.29) is 11.8 Å². The van der Waals surface area contributed by atoms with Gasteiger partial charge in [0, 0.05) is 43.0 Å². The number of hydrogen-bond donors (Lipinski definition) is 0. The summed E-state index contributed by atoms with van der Waals surface area (Å²) in [7, 11) is 0. The van der Waals surface area contributed by atoms with Gasteiger partial charge in [-0.1, -0.05) is 24.3 Å². The first kappa shape index (κ1) is 16.7. The fraction of sp³-hybridized carbons (Fsp3) is 0.368. The van der Waals surface area contributed by atoms with Gasteiger partial charge in [0.2, 0.25) is 5.91 Å². The van der Waals surface area contributed by atoms with Crippen LogP contribution in [-0.4, -0.2) is 47.8 Å². The second-order valence-electron chi connectivity index (χ2n) is 5.97. The largest absolute Gasteiger partial charge is 0.339 e. The van der Waals surface area contributed by atoms with E-state index in [9.17, 15) is 9.59 Å². The van der Waals surface area contributed by atoms with Crippen LogP contribution in [0, 0.1) is 0 Å². The number of nitrogens with zero attached hydrogens (tertiary/aromatic N) is 2. The van der Waals surface area contributed by atoms with Crippen molar-refractivity contribution in [2.24, 2.45) is 0 Å². The van der Waals surface area contributed by atoms with Gasteiger partial charge in [-0.25, -0.2) is 0 Å². The molecule has 1 aliphatic rings. The Balaban J connectivity index is 1.43. The number of piperazine rings is 1. The third-order valence-electron chi connectivity index (χ3n) is 4.33. The minimum atomic E-state index is 0.0559. The first-order valence-electron chi connectivity index (χ1n) is 8.38. The Hall–Kier alpha value is -2.14. The minimum Gasteiger partial charge on any atom is -0.339 e. The summed E-state index contributed by atoms with van der Waals surface area (Å²) in [4.78, 5) is 29.8. The number of carbonyl (C=O) groups is 2. The van der Waals surface area contributed by atoms with Crippen molar-refractivity contribution >= 4 is 23.2 Å². The van der Waals surface area contributed by atoms with Crippen LogP contribution >= 0.6 is 11.3 Å². The Morgan fingerprint density at radius 1 is 0.917 bits per heavy atom. The van der Waals surface area contributed by atoms with E-state index in [1.807, 2.05) is 46.2 Å². The Bertz CT molecular complexity index is 662. The van der Waals surface area contributed by atoms with Crippen LogP contribution in [0.4, 0.5) is 0 Å². The van der Waals surface area contributed by atoms with E-state index in [1.54, 1.807) is 11.3 Å². The SMILES string of the molecule is O=C(CCCc1cccs1)N1CCN(C(=O)c2ccccc2)CC1. The number of benzene rings is 1. The maximum atomic E-state index is 12.4. The van der Waals surface area contributed by atoms with E-state index in [0.29, 0.717) is 38.2 Å². The van der Waals surface area contributed by atoms with Crippen LogP contribution in [0.3, 0.4) is 0 Å². The van der Waals surface area contributed by atoms with E-state index in [2.05, 4.69) is 11.4 Å². The van der Waals surface area contributed by atoms with Crippen LogP contribution in [0.25, 0.3) is 0 Å². The van der Waals surface area contributed by atoms with Crippen LogP contribution in [-0.2, 0) is 11.2 Å². The molecule has 4 nitrogen and oxygen atoms in total.